The van der Waals surface area contributed by atoms with Gasteiger partial charge in [0.1, 0.15) is 6.61 Å². The van der Waals surface area contributed by atoms with Crippen molar-refractivity contribution in [3.05, 3.63) is 61.9 Å². The van der Waals surface area contributed by atoms with Crippen molar-refractivity contribution in [3.8, 4) is 11.5 Å². The normalized spacial score (nSPS) is 18.1. The number of imide groups is 1. The van der Waals surface area contributed by atoms with Gasteiger partial charge in [0.15, 0.2) is 11.5 Å². The van der Waals surface area contributed by atoms with Crippen molar-refractivity contribution >= 4 is 56.5 Å². The summed E-state index contributed by atoms with van der Waals surface area (Å²) in [5.41, 5.74) is 1.62. The molecular formula is C26H27BrClNO4S. The Bertz CT molecular complexity index is 1100. The van der Waals surface area contributed by atoms with Crippen LogP contribution in [0.15, 0.2) is 45.8 Å². The van der Waals surface area contributed by atoms with Crippen molar-refractivity contribution in [1.29, 1.82) is 0 Å². The van der Waals surface area contributed by atoms with Crippen LogP contribution in [0.1, 0.15) is 50.2 Å². The molecule has 2 aromatic rings. The van der Waals surface area contributed by atoms with Gasteiger partial charge in [0.05, 0.1) is 16.0 Å². The van der Waals surface area contributed by atoms with Gasteiger partial charge in [-0.05, 0) is 83.2 Å². The van der Waals surface area contributed by atoms with E-state index in [1.165, 1.54) is 24.2 Å². The summed E-state index contributed by atoms with van der Waals surface area (Å²) in [6, 6.07) is 11.2. The third-order valence-corrected chi connectivity index (χ3v) is 7.86. The van der Waals surface area contributed by atoms with Crippen molar-refractivity contribution < 1.29 is 19.1 Å². The average molecular weight is 565 g/mol. The van der Waals surface area contributed by atoms with E-state index in [2.05, 4.69) is 15.9 Å². The number of halogens is 2. The van der Waals surface area contributed by atoms with E-state index in [4.69, 9.17) is 21.1 Å². The van der Waals surface area contributed by atoms with Crippen LogP contribution in [0.5, 0.6) is 11.5 Å². The van der Waals surface area contributed by atoms with Gasteiger partial charge in [-0.15, -0.1) is 0 Å². The van der Waals surface area contributed by atoms with E-state index in [1.54, 1.807) is 6.08 Å². The molecule has 0 spiro atoms. The predicted molar refractivity (Wildman–Crippen MR) is 140 cm³/mol. The summed E-state index contributed by atoms with van der Waals surface area (Å²) in [5, 5.41) is 0.447. The monoisotopic (exact) mass is 563 g/mol. The number of carbonyl (C=O) groups excluding carboxylic acids is 2. The molecule has 1 saturated heterocycles. The van der Waals surface area contributed by atoms with Gasteiger partial charge in [0, 0.05) is 17.1 Å². The molecule has 2 aromatic carbocycles. The molecule has 0 bridgehead atoms. The maximum Gasteiger partial charge on any atom is 0.293 e. The second kappa shape index (κ2) is 11.6. The molecule has 2 aliphatic rings. The number of hydrogen-bond acceptors (Lipinski definition) is 5. The first-order valence-electron chi connectivity index (χ1n) is 11.5. The number of nitrogens with zero attached hydrogens (tertiary/aromatic N) is 1. The summed E-state index contributed by atoms with van der Waals surface area (Å²) < 4.78 is 12.6. The van der Waals surface area contributed by atoms with Crippen LogP contribution in [0.2, 0.25) is 5.02 Å². The van der Waals surface area contributed by atoms with Crippen LogP contribution < -0.4 is 9.47 Å². The van der Waals surface area contributed by atoms with Gasteiger partial charge in [-0.2, -0.15) is 0 Å². The van der Waals surface area contributed by atoms with E-state index in [9.17, 15) is 9.59 Å². The summed E-state index contributed by atoms with van der Waals surface area (Å²) in [4.78, 5) is 27.4. The van der Waals surface area contributed by atoms with Gasteiger partial charge >= 0.3 is 0 Å². The van der Waals surface area contributed by atoms with Crippen LogP contribution in [-0.4, -0.2) is 29.2 Å². The fourth-order valence-corrected chi connectivity index (χ4v) is 5.89. The summed E-state index contributed by atoms with van der Waals surface area (Å²) in [6.07, 6.45) is 7.51. The Labute approximate surface area is 218 Å². The molecule has 0 unspecified atom stereocenters. The summed E-state index contributed by atoms with van der Waals surface area (Å²) >= 11 is 10.8. The number of benzene rings is 2. The van der Waals surface area contributed by atoms with Gasteiger partial charge in [0.2, 0.25) is 0 Å². The third kappa shape index (κ3) is 5.99. The number of hydrogen-bond donors (Lipinski definition) is 0. The van der Waals surface area contributed by atoms with Crippen LogP contribution in [0.25, 0.3) is 6.08 Å². The summed E-state index contributed by atoms with van der Waals surface area (Å²) in [5.74, 6) is 1.31. The first-order chi connectivity index (χ1) is 16.5. The lowest BCUT2D eigenvalue weighted by atomic mass is 9.89. The molecule has 5 nitrogen and oxygen atoms in total. The van der Waals surface area contributed by atoms with Crippen molar-refractivity contribution in [2.75, 3.05) is 13.2 Å². The highest BCUT2D eigenvalue weighted by atomic mass is 79.9. The fourth-order valence-electron chi connectivity index (χ4n) is 4.28. The molecule has 0 aromatic heterocycles. The molecule has 2 fully saturated rings. The molecule has 0 atom stereocenters. The first kappa shape index (κ1) is 25.1. The molecule has 180 valence electrons. The Morgan fingerprint density at radius 1 is 1.15 bits per heavy atom. The molecule has 0 N–H and O–H groups in total. The Morgan fingerprint density at radius 3 is 2.65 bits per heavy atom. The highest BCUT2D eigenvalue weighted by Gasteiger charge is 2.36. The van der Waals surface area contributed by atoms with Crippen LogP contribution >= 0.6 is 39.3 Å². The van der Waals surface area contributed by atoms with Gasteiger partial charge in [-0.25, -0.2) is 0 Å². The second-order valence-corrected chi connectivity index (χ2v) is 10.7. The average Bonchev–Trinajstić information content (AvgIpc) is 3.08. The zero-order valence-electron chi connectivity index (χ0n) is 19.0. The van der Waals surface area contributed by atoms with Crippen LogP contribution in [0, 0.1) is 5.92 Å². The molecule has 0 radical (unpaired) electrons. The quantitative estimate of drug-likeness (QED) is 0.308. The van der Waals surface area contributed by atoms with Crippen LogP contribution in [0.4, 0.5) is 4.79 Å². The number of carbonyl (C=O) groups is 2. The smallest absolute Gasteiger partial charge is 0.293 e. The lowest BCUT2D eigenvalue weighted by Gasteiger charge is -2.25. The minimum absolute atomic E-state index is 0.189. The van der Waals surface area contributed by atoms with E-state index in [0.717, 1.165) is 35.7 Å². The van der Waals surface area contributed by atoms with Crippen LogP contribution in [0.3, 0.4) is 0 Å². The number of rotatable bonds is 8. The maximum atomic E-state index is 13.0. The molecule has 2 amide bonds. The van der Waals surface area contributed by atoms with E-state index in [1.807, 2.05) is 43.3 Å². The molecule has 1 saturated carbocycles. The number of amides is 2. The summed E-state index contributed by atoms with van der Waals surface area (Å²) in [7, 11) is 0. The highest BCUT2D eigenvalue weighted by Crippen LogP contribution is 2.40. The SMILES string of the molecule is CCOc1cc(/C=C2/SC(=O)N(CC3CCCCC3)C2=O)cc(Br)c1OCc1ccccc1Cl. The largest absolute Gasteiger partial charge is 0.490 e. The standard InChI is InChI=1S/C26H27BrClNO4S/c1-2-32-22-13-18(12-20(27)24(22)33-16-19-10-6-7-11-21(19)28)14-23-25(30)29(26(31)34-23)15-17-8-4-3-5-9-17/h6-7,10-14,17H,2-5,8-9,15-16H2,1H3/b23-14+. The summed E-state index contributed by atoms with van der Waals surface area (Å²) in [6.45, 7) is 3.16. The van der Waals surface area contributed by atoms with E-state index < -0.39 is 0 Å². The number of ether oxygens (including phenoxy) is 2. The lowest BCUT2D eigenvalue weighted by Crippen LogP contribution is -2.34. The topological polar surface area (TPSA) is 55.8 Å². The van der Waals surface area contributed by atoms with Gasteiger partial charge in [-0.1, -0.05) is 49.1 Å². The Morgan fingerprint density at radius 2 is 1.91 bits per heavy atom. The van der Waals surface area contributed by atoms with Crippen molar-refractivity contribution in [2.45, 2.75) is 45.6 Å². The minimum atomic E-state index is -0.214. The first-order valence-corrected chi connectivity index (χ1v) is 13.5. The third-order valence-electron chi connectivity index (χ3n) is 6.00. The second-order valence-electron chi connectivity index (χ2n) is 8.44. The zero-order valence-corrected chi connectivity index (χ0v) is 22.2. The predicted octanol–water partition coefficient (Wildman–Crippen LogP) is 7.70. The maximum absolute atomic E-state index is 13.0. The van der Waals surface area contributed by atoms with Crippen LogP contribution in [-0.2, 0) is 11.4 Å². The van der Waals surface area contributed by atoms with Crippen molar-refractivity contribution in [1.82, 2.24) is 4.90 Å². The minimum Gasteiger partial charge on any atom is -0.490 e. The Hall–Kier alpha value is -1.96. The molecule has 34 heavy (non-hydrogen) atoms. The van der Waals surface area contributed by atoms with Crippen molar-refractivity contribution in [2.24, 2.45) is 5.92 Å². The van der Waals surface area contributed by atoms with E-state index >= 15 is 0 Å². The van der Waals surface area contributed by atoms with E-state index in [-0.39, 0.29) is 17.8 Å². The molecule has 8 heteroatoms. The Kier molecular flexibility index (Phi) is 8.61. The van der Waals surface area contributed by atoms with Crippen molar-refractivity contribution in [3.63, 3.8) is 0 Å². The van der Waals surface area contributed by atoms with Gasteiger partial charge < -0.3 is 9.47 Å². The molecule has 1 heterocycles. The van der Waals surface area contributed by atoms with Gasteiger partial charge in [0.25, 0.3) is 11.1 Å². The molecule has 1 aliphatic heterocycles. The fraction of sp³-hybridized carbons (Fsp3) is 0.385. The Balaban J connectivity index is 1.53. The lowest BCUT2D eigenvalue weighted by molar-refractivity contribution is -0.123. The molecular weight excluding hydrogens is 538 g/mol. The van der Waals surface area contributed by atoms with Gasteiger partial charge in [-0.3, -0.25) is 14.5 Å². The highest BCUT2D eigenvalue weighted by molar-refractivity contribution is 9.10. The molecule has 4 rings (SSSR count). The number of thioether (sulfide) groups is 1. The molecule has 1 aliphatic carbocycles. The van der Waals surface area contributed by atoms with E-state index in [0.29, 0.717) is 45.0 Å². The zero-order chi connectivity index (χ0) is 24.1.